The topological polar surface area (TPSA) is 52.0 Å². The second-order valence-corrected chi connectivity index (χ2v) is 6.94. The van der Waals surface area contributed by atoms with Crippen molar-refractivity contribution < 1.29 is 4.74 Å². The van der Waals surface area contributed by atoms with Gasteiger partial charge < -0.3 is 14.6 Å². The maximum absolute atomic E-state index is 5.12. The smallest absolute Gasteiger partial charge is 0.191 e. The zero-order valence-electron chi connectivity index (χ0n) is 12.3. The summed E-state index contributed by atoms with van der Waals surface area (Å²) in [6.07, 6.45) is 5.19. The summed E-state index contributed by atoms with van der Waals surface area (Å²) < 4.78 is 7.54. The average Bonchev–Trinajstić information content (AvgIpc) is 3.34. The Hall–Kier alpha value is -0.590. The van der Waals surface area contributed by atoms with E-state index in [-0.39, 0.29) is 0 Å². The molecule has 112 valence electrons. The second-order valence-electron chi connectivity index (χ2n) is 5.88. The van der Waals surface area contributed by atoms with E-state index in [1.54, 1.807) is 7.11 Å². The number of hydrogen-bond acceptors (Lipinski definition) is 5. The van der Waals surface area contributed by atoms with E-state index >= 15 is 0 Å². The lowest BCUT2D eigenvalue weighted by atomic mass is 10.4. The van der Waals surface area contributed by atoms with Crippen molar-refractivity contribution in [2.75, 3.05) is 26.0 Å². The van der Waals surface area contributed by atoms with Crippen molar-refractivity contribution in [3.05, 3.63) is 5.82 Å². The van der Waals surface area contributed by atoms with E-state index in [2.05, 4.69) is 27.0 Å². The van der Waals surface area contributed by atoms with Crippen molar-refractivity contribution in [2.45, 2.75) is 55.8 Å². The summed E-state index contributed by atoms with van der Waals surface area (Å²) in [7, 11) is 1.74. The maximum Gasteiger partial charge on any atom is 0.191 e. The van der Waals surface area contributed by atoms with E-state index in [0.717, 1.165) is 24.1 Å². The van der Waals surface area contributed by atoms with Gasteiger partial charge in [-0.25, -0.2) is 0 Å². The van der Waals surface area contributed by atoms with Gasteiger partial charge in [-0.2, -0.15) is 0 Å². The Morgan fingerprint density at radius 3 is 2.80 bits per heavy atom. The predicted molar refractivity (Wildman–Crippen MR) is 80.3 cm³/mol. The number of thioether (sulfide) groups is 1. The van der Waals surface area contributed by atoms with Crippen molar-refractivity contribution in [1.82, 2.24) is 20.1 Å². The molecular formula is C14H24N4OS. The molecule has 6 heteroatoms. The van der Waals surface area contributed by atoms with Gasteiger partial charge in [0.25, 0.3) is 0 Å². The van der Waals surface area contributed by atoms with Gasteiger partial charge in [-0.15, -0.1) is 10.2 Å². The molecule has 0 aromatic carbocycles. The maximum atomic E-state index is 5.12. The first-order valence-corrected chi connectivity index (χ1v) is 8.58. The van der Waals surface area contributed by atoms with Crippen LogP contribution in [-0.2, 0) is 4.74 Å². The number of rotatable bonds is 9. The normalized spacial score (nSPS) is 20.3. The molecule has 0 amide bonds. The summed E-state index contributed by atoms with van der Waals surface area (Å²) in [5.74, 6) is 2.97. The monoisotopic (exact) mass is 296 g/mol. The molecule has 0 saturated heterocycles. The summed E-state index contributed by atoms with van der Waals surface area (Å²) in [6, 6.07) is 1.09. The molecule has 0 aliphatic heterocycles. The highest BCUT2D eigenvalue weighted by atomic mass is 32.2. The second kappa shape index (κ2) is 6.45. The van der Waals surface area contributed by atoms with Gasteiger partial charge in [0.2, 0.25) is 0 Å². The zero-order valence-corrected chi connectivity index (χ0v) is 13.2. The van der Waals surface area contributed by atoms with Gasteiger partial charge in [0.1, 0.15) is 5.82 Å². The van der Waals surface area contributed by atoms with Crippen LogP contribution in [0.3, 0.4) is 0 Å². The number of hydrogen-bond donors (Lipinski definition) is 1. The highest BCUT2D eigenvalue weighted by molar-refractivity contribution is 7.99. The third kappa shape index (κ3) is 3.54. The summed E-state index contributed by atoms with van der Waals surface area (Å²) in [5, 5.41) is 13.4. The Kier molecular flexibility index (Phi) is 4.63. The molecule has 1 N–H and O–H groups in total. The van der Waals surface area contributed by atoms with Crippen molar-refractivity contribution in [3.63, 3.8) is 0 Å². The van der Waals surface area contributed by atoms with E-state index in [9.17, 15) is 0 Å². The molecule has 1 aromatic heterocycles. The van der Waals surface area contributed by atoms with Gasteiger partial charge in [-0.1, -0.05) is 11.8 Å². The third-order valence-corrected chi connectivity index (χ3v) is 4.73. The Bertz CT molecular complexity index is 442. The molecule has 1 atom stereocenters. The van der Waals surface area contributed by atoms with Crippen LogP contribution in [0.5, 0.6) is 0 Å². The molecule has 0 bridgehead atoms. The number of ether oxygens (including phenoxy) is 1. The first-order valence-electron chi connectivity index (χ1n) is 7.59. The Balaban J connectivity index is 1.50. The minimum Gasteiger partial charge on any atom is -0.383 e. The van der Waals surface area contributed by atoms with E-state index in [1.807, 2.05) is 11.8 Å². The summed E-state index contributed by atoms with van der Waals surface area (Å²) >= 11 is 1.83. The lowest BCUT2D eigenvalue weighted by Gasteiger charge is -2.12. The van der Waals surface area contributed by atoms with Crippen molar-refractivity contribution in [3.8, 4) is 0 Å². The van der Waals surface area contributed by atoms with Gasteiger partial charge in [-0.05, 0) is 32.6 Å². The first-order chi connectivity index (χ1) is 9.79. The minimum absolute atomic E-state index is 0.406. The van der Waals surface area contributed by atoms with Crippen LogP contribution >= 0.6 is 11.8 Å². The van der Waals surface area contributed by atoms with Gasteiger partial charge in [0.15, 0.2) is 5.16 Å². The van der Waals surface area contributed by atoms with Crippen LogP contribution in [-0.4, -0.2) is 46.8 Å². The molecule has 2 aliphatic carbocycles. The number of nitrogens with zero attached hydrogens (tertiary/aromatic N) is 3. The predicted octanol–water partition coefficient (Wildman–Crippen LogP) is 2.21. The molecule has 0 radical (unpaired) electrons. The minimum atomic E-state index is 0.406. The zero-order chi connectivity index (χ0) is 13.9. The molecule has 1 unspecified atom stereocenters. The largest absolute Gasteiger partial charge is 0.383 e. The van der Waals surface area contributed by atoms with Crippen LogP contribution in [0.1, 0.15) is 50.4 Å². The van der Waals surface area contributed by atoms with E-state index in [1.165, 1.54) is 31.5 Å². The van der Waals surface area contributed by atoms with Crippen LogP contribution in [0.2, 0.25) is 0 Å². The van der Waals surface area contributed by atoms with Gasteiger partial charge >= 0.3 is 0 Å². The van der Waals surface area contributed by atoms with Gasteiger partial charge in [0.05, 0.1) is 6.61 Å². The van der Waals surface area contributed by atoms with Crippen molar-refractivity contribution >= 4 is 11.8 Å². The highest BCUT2D eigenvalue weighted by Gasteiger charge is 2.36. The molecule has 1 heterocycles. The molecule has 0 spiro atoms. The fourth-order valence-electron chi connectivity index (χ4n) is 2.44. The standard InChI is InChI=1S/C14H24N4OS/c1-10(9-19-2)15-7-8-20-14-17-16-13(11-3-4-11)18(14)12-5-6-12/h10-12,15H,3-9H2,1-2H3. The van der Waals surface area contributed by atoms with E-state index < -0.39 is 0 Å². The van der Waals surface area contributed by atoms with Crippen LogP contribution in [0.4, 0.5) is 0 Å². The Morgan fingerprint density at radius 2 is 2.15 bits per heavy atom. The highest BCUT2D eigenvalue weighted by Crippen LogP contribution is 2.45. The van der Waals surface area contributed by atoms with E-state index in [4.69, 9.17) is 4.74 Å². The van der Waals surface area contributed by atoms with Crippen LogP contribution < -0.4 is 5.32 Å². The lowest BCUT2D eigenvalue weighted by molar-refractivity contribution is 0.173. The molecule has 1 aromatic rings. The lowest BCUT2D eigenvalue weighted by Crippen LogP contribution is -2.31. The molecule has 2 saturated carbocycles. The quantitative estimate of drug-likeness (QED) is 0.559. The van der Waals surface area contributed by atoms with Crippen LogP contribution in [0.25, 0.3) is 0 Å². The SMILES string of the molecule is COCC(C)NCCSc1nnc(C2CC2)n1C1CC1. The molecule has 2 aliphatic rings. The van der Waals surface area contributed by atoms with Gasteiger partial charge in [-0.3, -0.25) is 0 Å². The molecule has 2 fully saturated rings. The Morgan fingerprint density at radius 1 is 1.35 bits per heavy atom. The summed E-state index contributed by atoms with van der Waals surface area (Å²) in [4.78, 5) is 0. The van der Waals surface area contributed by atoms with Crippen LogP contribution in [0.15, 0.2) is 5.16 Å². The fraction of sp³-hybridized carbons (Fsp3) is 0.857. The third-order valence-electron chi connectivity index (χ3n) is 3.79. The molecule has 3 rings (SSSR count). The molecular weight excluding hydrogens is 272 g/mol. The number of nitrogens with one attached hydrogen (secondary N) is 1. The first kappa shape index (κ1) is 14.4. The summed E-state index contributed by atoms with van der Waals surface area (Å²) in [6.45, 7) is 3.88. The van der Waals surface area contributed by atoms with E-state index in [0.29, 0.717) is 18.0 Å². The average molecular weight is 296 g/mol. The van der Waals surface area contributed by atoms with Crippen LogP contribution in [0, 0.1) is 0 Å². The molecule has 20 heavy (non-hydrogen) atoms. The van der Waals surface area contributed by atoms with Crippen molar-refractivity contribution in [2.24, 2.45) is 0 Å². The van der Waals surface area contributed by atoms with Crippen molar-refractivity contribution in [1.29, 1.82) is 0 Å². The number of methoxy groups -OCH3 is 1. The fourth-order valence-corrected chi connectivity index (χ4v) is 3.32. The Labute approximate surface area is 124 Å². The molecule has 5 nitrogen and oxygen atoms in total. The number of aromatic nitrogens is 3. The van der Waals surface area contributed by atoms with Gasteiger partial charge in [0, 0.05) is 37.4 Å². The summed E-state index contributed by atoms with van der Waals surface area (Å²) in [5.41, 5.74) is 0.